The van der Waals surface area contributed by atoms with Crippen molar-refractivity contribution < 1.29 is 18.0 Å². The highest BCUT2D eigenvalue weighted by Crippen LogP contribution is 2.14. The first-order chi connectivity index (χ1) is 9.49. The number of nitrogens with one attached hydrogen (secondary N) is 1. The highest BCUT2D eigenvalue weighted by Gasteiger charge is 2.23. The molecule has 1 N–H and O–H groups in total. The minimum atomic E-state index is -1.22. The molecule has 1 aromatic carbocycles. The first-order valence-corrected chi connectivity index (χ1v) is 6.64. The fourth-order valence-electron chi connectivity index (χ4n) is 2.26. The summed E-state index contributed by atoms with van der Waals surface area (Å²) in [7, 11) is 0. The van der Waals surface area contributed by atoms with Crippen LogP contribution in [0.4, 0.5) is 13.2 Å². The van der Waals surface area contributed by atoms with Gasteiger partial charge in [-0.1, -0.05) is 0 Å². The van der Waals surface area contributed by atoms with Crippen molar-refractivity contribution in [3.05, 3.63) is 35.1 Å². The molecule has 0 radical (unpaired) electrons. The smallest absolute Gasteiger partial charge is 0.239 e. The summed E-state index contributed by atoms with van der Waals surface area (Å²) in [4.78, 5) is 13.8. The quantitative estimate of drug-likeness (QED) is 0.861. The molecule has 0 spiro atoms. The number of rotatable bonds is 4. The molecule has 1 atom stereocenters. The number of benzene rings is 1. The van der Waals surface area contributed by atoms with E-state index in [1.165, 1.54) is 0 Å². The van der Waals surface area contributed by atoms with Crippen LogP contribution in [0.2, 0.25) is 0 Å². The zero-order valence-electron chi connectivity index (χ0n) is 11.3. The van der Waals surface area contributed by atoms with E-state index >= 15 is 0 Å². The summed E-state index contributed by atoms with van der Waals surface area (Å²) in [6.45, 7) is 3.14. The Kier molecular flexibility index (Phi) is 4.65. The molecule has 1 fully saturated rings. The van der Waals surface area contributed by atoms with Crippen molar-refractivity contribution in [2.24, 2.45) is 0 Å². The van der Waals surface area contributed by atoms with E-state index in [1.54, 1.807) is 11.8 Å². The number of carbonyl (C=O) groups excluding carboxylic acids is 1. The van der Waals surface area contributed by atoms with Crippen LogP contribution in [0.1, 0.15) is 25.3 Å². The molecule has 20 heavy (non-hydrogen) atoms. The predicted octanol–water partition coefficient (Wildman–Crippen LogP) is 2.20. The van der Waals surface area contributed by atoms with Gasteiger partial charge < -0.3 is 10.2 Å². The third-order valence-corrected chi connectivity index (χ3v) is 3.48. The van der Waals surface area contributed by atoms with Gasteiger partial charge in [0.25, 0.3) is 0 Å². The largest absolute Gasteiger partial charge is 0.341 e. The molecule has 1 aliphatic rings. The Bertz CT molecular complexity index is 501. The van der Waals surface area contributed by atoms with Gasteiger partial charge in [0.2, 0.25) is 5.91 Å². The van der Waals surface area contributed by atoms with Gasteiger partial charge in [-0.3, -0.25) is 4.79 Å². The van der Waals surface area contributed by atoms with E-state index in [0.29, 0.717) is 6.07 Å². The van der Waals surface area contributed by atoms with Crippen LogP contribution in [-0.2, 0) is 11.3 Å². The Balaban J connectivity index is 1.94. The van der Waals surface area contributed by atoms with E-state index in [2.05, 4.69) is 5.32 Å². The summed E-state index contributed by atoms with van der Waals surface area (Å²) in [6.07, 6.45) is 1.99. The minimum Gasteiger partial charge on any atom is -0.341 e. The number of amides is 1. The molecule has 1 heterocycles. The second kappa shape index (κ2) is 6.26. The fourth-order valence-corrected chi connectivity index (χ4v) is 2.26. The summed E-state index contributed by atoms with van der Waals surface area (Å²) < 4.78 is 39.3. The molecule has 1 amide bonds. The number of hydrogen-bond donors (Lipinski definition) is 1. The summed E-state index contributed by atoms with van der Waals surface area (Å²) >= 11 is 0. The summed E-state index contributed by atoms with van der Waals surface area (Å²) in [5, 5.41) is 2.84. The summed E-state index contributed by atoms with van der Waals surface area (Å²) in [5.74, 6) is -3.18. The van der Waals surface area contributed by atoms with Gasteiger partial charge in [-0.2, -0.15) is 0 Å². The van der Waals surface area contributed by atoms with E-state index in [4.69, 9.17) is 0 Å². The van der Waals surface area contributed by atoms with Crippen molar-refractivity contribution in [2.75, 3.05) is 13.1 Å². The predicted molar refractivity (Wildman–Crippen MR) is 68.4 cm³/mol. The van der Waals surface area contributed by atoms with Gasteiger partial charge in [-0.15, -0.1) is 0 Å². The zero-order valence-corrected chi connectivity index (χ0v) is 11.3. The second-order valence-corrected chi connectivity index (χ2v) is 4.99. The molecule has 1 aliphatic heterocycles. The lowest BCUT2D eigenvalue weighted by molar-refractivity contribution is -0.132. The van der Waals surface area contributed by atoms with Gasteiger partial charge in [0.1, 0.15) is 5.82 Å². The fraction of sp³-hybridized carbons (Fsp3) is 0.500. The molecule has 6 heteroatoms. The average Bonchev–Trinajstić information content (AvgIpc) is 2.94. The van der Waals surface area contributed by atoms with Gasteiger partial charge >= 0.3 is 0 Å². The molecular formula is C14H17F3N2O. The van der Waals surface area contributed by atoms with Crippen molar-refractivity contribution in [3.63, 3.8) is 0 Å². The Hall–Kier alpha value is -1.56. The normalized spacial score (nSPS) is 16.5. The van der Waals surface area contributed by atoms with E-state index in [9.17, 15) is 18.0 Å². The molecule has 0 aliphatic carbocycles. The van der Waals surface area contributed by atoms with Crippen LogP contribution in [0.15, 0.2) is 12.1 Å². The maximum absolute atomic E-state index is 13.4. The maximum atomic E-state index is 13.4. The first kappa shape index (κ1) is 14.8. The minimum absolute atomic E-state index is 0.00460. The monoisotopic (exact) mass is 286 g/mol. The van der Waals surface area contributed by atoms with Crippen LogP contribution >= 0.6 is 0 Å². The van der Waals surface area contributed by atoms with Crippen LogP contribution < -0.4 is 5.32 Å². The molecule has 0 saturated carbocycles. The summed E-state index contributed by atoms with van der Waals surface area (Å²) in [5.41, 5.74) is 0.00460. The second-order valence-electron chi connectivity index (χ2n) is 4.99. The molecule has 1 saturated heterocycles. The topological polar surface area (TPSA) is 32.3 Å². The molecule has 110 valence electrons. The summed E-state index contributed by atoms with van der Waals surface area (Å²) in [6, 6.07) is 0.838. The van der Waals surface area contributed by atoms with Crippen LogP contribution in [0.5, 0.6) is 0 Å². The zero-order chi connectivity index (χ0) is 14.7. The van der Waals surface area contributed by atoms with Gasteiger partial charge in [-0.25, -0.2) is 13.2 Å². The lowest BCUT2D eigenvalue weighted by Gasteiger charge is -2.21. The molecule has 1 aromatic rings. The highest BCUT2D eigenvalue weighted by molar-refractivity contribution is 5.81. The Labute approximate surface area is 115 Å². The van der Waals surface area contributed by atoms with Crippen molar-refractivity contribution >= 4 is 5.91 Å². The molecular weight excluding hydrogens is 269 g/mol. The van der Waals surface area contributed by atoms with Gasteiger partial charge in [0, 0.05) is 31.3 Å². The highest BCUT2D eigenvalue weighted by atomic mass is 19.2. The van der Waals surface area contributed by atoms with Gasteiger partial charge in [-0.05, 0) is 25.8 Å². The first-order valence-electron chi connectivity index (χ1n) is 6.64. The van der Waals surface area contributed by atoms with E-state index in [0.717, 1.165) is 32.0 Å². The van der Waals surface area contributed by atoms with Crippen LogP contribution in [0, 0.1) is 17.5 Å². The number of halogens is 3. The SMILES string of the molecule is CC(NCc1cc(F)c(F)cc1F)C(=O)N1CCCC1. The third kappa shape index (κ3) is 3.30. The van der Waals surface area contributed by atoms with Crippen LogP contribution in [-0.4, -0.2) is 29.9 Å². The standard InChI is InChI=1S/C14H17F3N2O/c1-9(14(20)19-4-2-3-5-19)18-8-10-6-12(16)13(17)7-11(10)15/h6-7,9,18H,2-5,8H2,1H3. The number of likely N-dealkylation sites (tertiary alicyclic amines) is 1. The van der Waals surface area contributed by atoms with E-state index in [1.807, 2.05) is 0 Å². The third-order valence-electron chi connectivity index (χ3n) is 3.48. The van der Waals surface area contributed by atoms with Gasteiger partial charge in [0.05, 0.1) is 6.04 Å². The number of hydrogen-bond acceptors (Lipinski definition) is 2. The van der Waals surface area contributed by atoms with Crippen molar-refractivity contribution in [3.8, 4) is 0 Å². The number of carbonyl (C=O) groups is 1. The average molecular weight is 286 g/mol. The number of nitrogens with zero attached hydrogens (tertiary/aromatic N) is 1. The molecule has 2 rings (SSSR count). The van der Waals surface area contributed by atoms with Crippen molar-refractivity contribution in [1.82, 2.24) is 10.2 Å². The Morgan fingerprint density at radius 2 is 1.80 bits per heavy atom. The molecule has 1 unspecified atom stereocenters. The van der Waals surface area contributed by atoms with Gasteiger partial charge in [0.15, 0.2) is 11.6 Å². The van der Waals surface area contributed by atoms with Crippen molar-refractivity contribution in [2.45, 2.75) is 32.4 Å². The molecule has 0 aromatic heterocycles. The maximum Gasteiger partial charge on any atom is 0.239 e. The van der Waals surface area contributed by atoms with E-state index in [-0.39, 0.29) is 18.0 Å². The van der Waals surface area contributed by atoms with Crippen LogP contribution in [0.3, 0.4) is 0 Å². The Morgan fingerprint density at radius 1 is 1.20 bits per heavy atom. The van der Waals surface area contributed by atoms with Crippen LogP contribution in [0.25, 0.3) is 0 Å². The lowest BCUT2D eigenvalue weighted by Crippen LogP contribution is -2.43. The Morgan fingerprint density at radius 3 is 2.45 bits per heavy atom. The van der Waals surface area contributed by atoms with E-state index < -0.39 is 23.5 Å². The lowest BCUT2D eigenvalue weighted by atomic mass is 10.2. The molecule has 3 nitrogen and oxygen atoms in total. The van der Waals surface area contributed by atoms with Crippen molar-refractivity contribution in [1.29, 1.82) is 0 Å². The molecule has 0 bridgehead atoms.